The first-order valence-electron chi connectivity index (χ1n) is 11.1. The van der Waals surface area contributed by atoms with E-state index in [0.717, 1.165) is 11.3 Å². The Balaban J connectivity index is 1.64. The summed E-state index contributed by atoms with van der Waals surface area (Å²) in [5.74, 6) is 1.02. The molecule has 0 spiro atoms. The second-order valence-corrected chi connectivity index (χ2v) is 8.03. The van der Waals surface area contributed by atoms with Crippen LogP contribution in [-0.4, -0.2) is 36.6 Å². The molecule has 36 heavy (non-hydrogen) atoms. The lowest BCUT2D eigenvalue weighted by Gasteiger charge is -2.23. The van der Waals surface area contributed by atoms with Gasteiger partial charge in [-0.2, -0.15) is 10.1 Å². The molecule has 11 heteroatoms. The van der Waals surface area contributed by atoms with E-state index in [2.05, 4.69) is 25.7 Å². The Kier molecular flexibility index (Phi) is 7.39. The number of aryl methyl sites for hydroxylation is 1. The highest BCUT2D eigenvalue weighted by Gasteiger charge is 2.16. The maximum absolute atomic E-state index is 12.5. The van der Waals surface area contributed by atoms with Crippen LogP contribution in [0.2, 0.25) is 0 Å². The quantitative estimate of drug-likeness (QED) is 0.325. The summed E-state index contributed by atoms with van der Waals surface area (Å²) in [6.45, 7) is 2.24. The molecule has 0 aliphatic carbocycles. The number of aromatic nitrogens is 4. The summed E-state index contributed by atoms with van der Waals surface area (Å²) >= 11 is 0. The average Bonchev–Trinajstić information content (AvgIpc) is 3.25. The first-order chi connectivity index (χ1) is 17.4. The van der Waals surface area contributed by atoms with Crippen molar-refractivity contribution < 1.29 is 14.3 Å². The van der Waals surface area contributed by atoms with Crippen molar-refractivity contribution in [2.24, 2.45) is 12.8 Å². The first-order valence-corrected chi connectivity index (χ1v) is 11.1. The Morgan fingerprint density at radius 2 is 1.83 bits per heavy atom. The molecule has 0 aliphatic heterocycles. The number of anilines is 4. The van der Waals surface area contributed by atoms with Gasteiger partial charge in [0.25, 0.3) is 0 Å². The Morgan fingerprint density at radius 3 is 2.53 bits per heavy atom. The molecule has 2 amide bonds. The number of nitrogens with one attached hydrogen (secondary N) is 2. The maximum Gasteiger partial charge on any atom is 0.409 e. The van der Waals surface area contributed by atoms with Gasteiger partial charge in [-0.3, -0.25) is 9.48 Å². The highest BCUT2D eigenvalue weighted by Crippen LogP contribution is 2.25. The van der Waals surface area contributed by atoms with Crippen LogP contribution in [0.1, 0.15) is 18.1 Å². The summed E-state index contributed by atoms with van der Waals surface area (Å²) < 4.78 is 6.64. The number of amides is 2. The molecule has 4 aromatic rings. The molecule has 0 unspecified atom stereocenters. The first kappa shape index (κ1) is 24.2. The van der Waals surface area contributed by atoms with E-state index in [9.17, 15) is 9.59 Å². The normalized spacial score (nSPS) is 10.5. The highest BCUT2D eigenvalue weighted by molar-refractivity contribution is 5.74. The van der Waals surface area contributed by atoms with Crippen LogP contribution < -0.4 is 21.1 Å². The molecule has 0 saturated carbocycles. The van der Waals surface area contributed by atoms with E-state index in [1.165, 1.54) is 6.92 Å². The molecule has 0 saturated heterocycles. The van der Waals surface area contributed by atoms with Crippen molar-refractivity contribution in [1.82, 2.24) is 24.6 Å². The summed E-state index contributed by atoms with van der Waals surface area (Å²) in [6.07, 6.45) is 4.22. The lowest BCUT2D eigenvalue weighted by atomic mass is 10.2. The molecule has 0 radical (unpaired) electrons. The predicted molar refractivity (Wildman–Crippen MR) is 135 cm³/mol. The number of ether oxygens (including phenoxy) is 1. The fourth-order valence-electron chi connectivity index (χ4n) is 3.48. The number of carbonyl (C=O) groups excluding carboxylic acids is 2. The smallest absolute Gasteiger partial charge is 0.409 e. The van der Waals surface area contributed by atoms with Crippen LogP contribution >= 0.6 is 0 Å². The van der Waals surface area contributed by atoms with Crippen molar-refractivity contribution in [3.05, 3.63) is 84.3 Å². The maximum atomic E-state index is 12.5. The standard InChI is InChI=1S/C25H26N8O3/c1-17(34)33(14-18-7-4-3-5-8-18)15-19-12-27-25(30-21-13-28-32(2)16-21)31-23(19)29-20-9-6-10-22(11-20)36-24(26)35/h3-13,16H,14-15H2,1-2H3,(H2,26,35)(H2,27,29,30,31). The lowest BCUT2D eigenvalue weighted by molar-refractivity contribution is -0.130. The molecule has 2 heterocycles. The Morgan fingerprint density at radius 1 is 1.03 bits per heavy atom. The SMILES string of the molecule is CC(=O)N(Cc1ccccc1)Cc1cnc(Nc2cnn(C)c2)nc1Nc1cccc(OC(N)=O)c1. The van der Waals surface area contributed by atoms with Gasteiger partial charge in [0.05, 0.1) is 18.4 Å². The molecule has 0 atom stereocenters. The van der Waals surface area contributed by atoms with Crippen molar-refractivity contribution >= 4 is 35.1 Å². The van der Waals surface area contributed by atoms with Crippen LogP contribution in [0.5, 0.6) is 5.75 Å². The van der Waals surface area contributed by atoms with E-state index >= 15 is 0 Å². The van der Waals surface area contributed by atoms with Gasteiger partial charge in [-0.1, -0.05) is 36.4 Å². The van der Waals surface area contributed by atoms with Crippen LogP contribution in [0.4, 0.5) is 27.9 Å². The molecule has 184 valence electrons. The summed E-state index contributed by atoms with van der Waals surface area (Å²) in [6, 6.07) is 16.5. The van der Waals surface area contributed by atoms with Gasteiger partial charge in [0, 0.05) is 50.2 Å². The lowest BCUT2D eigenvalue weighted by Crippen LogP contribution is -2.28. The molecule has 0 bridgehead atoms. The van der Waals surface area contributed by atoms with Crippen LogP contribution in [0.15, 0.2) is 73.2 Å². The molecular weight excluding hydrogens is 460 g/mol. The largest absolute Gasteiger partial charge is 0.410 e. The van der Waals surface area contributed by atoms with Gasteiger partial charge in [0.15, 0.2) is 0 Å². The van der Waals surface area contributed by atoms with Crippen LogP contribution in [-0.2, 0) is 24.9 Å². The number of carbonyl (C=O) groups is 2. The summed E-state index contributed by atoms with van der Waals surface area (Å²) in [4.78, 5) is 34.4. The zero-order valence-corrected chi connectivity index (χ0v) is 19.9. The van der Waals surface area contributed by atoms with E-state index in [-0.39, 0.29) is 18.2 Å². The number of nitrogens with two attached hydrogens (primary N) is 1. The van der Waals surface area contributed by atoms with Crippen molar-refractivity contribution in [2.45, 2.75) is 20.0 Å². The number of rotatable bonds is 9. The number of primary amides is 1. The number of hydrogen-bond donors (Lipinski definition) is 3. The van der Waals surface area contributed by atoms with Gasteiger partial charge < -0.3 is 26.0 Å². The number of benzene rings is 2. The summed E-state index contributed by atoms with van der Waals surface area (Å²) in [5, 5.41) is 10.5. The monoisotopic (exact) mass is 486 g/mol. The highest BCUT2D eigenvalue weighted by atomic mass is 16.5. The Bertz CT molecular complexity index is 1360. The van der Waals surface area contributed by atoms with Gasteiger partial charge in [0.1, 0.15) is 11.6 Å². The van der Waals surface area contributed by atoms with Crippen molar-refractivity contribution in [3.8, 4) is 5.75 Å². The van der Waals surface area contributed by atoms with E-state index in [4.69, 9.17) is 10.5 Å². The number of hydrogen-bond acceptors (Lipinski definition) is 8. The molecule has 4 rings (SSSR count). The van der Waals surface area contributed by atoms with Crippen molar-refractivity contribution in [2.75, 3.05) is 10.6 Å². The minimum atomic E-state index is -0.907. The minimum Gasteiger partial charge on any atom is -0.410 e. The fraction of sp³-hybridized carbons (Fsp3) is 0.160. The van der Waals surface area contributed by atoms with E-state index in [0.29, 0.717) is 29.6 Å². The topological polar surface area (TPSA) is 140 Å². The molecule has 0 fully saturated rings. The average molecular weight is 487 g/mol. The second kappa shape index (κ2) is 11.0. The third kappa shape index (κ3) is 6.56. The van der Waals surface area contributed by atoms with E-state index in [1.807, 2.05) is 37.4 Å². The minimum absolute atomic E-state index is 0.0841. The predicted octanol–water partition coefficient (Wildman–Crippen LogP) is 3.70. The van der Waals surface area contributed by atoms with E-state index in [1.54, 1.807) is 52.4 Å². The summed E-state index contributed by atoms with van der Waals surface area (Å²) in [7, 11) is 1.81. The Hall–Kier alpha value is -4.93. The van der Waals surface area contributed by atoms with Crippen LogP contribution in [0.25, 0.3) is 0 Å². The third-order valence-corrected chi connectivity index (χ3v) is 5.16. The Labute approximate surface area is 207 Å². The third-order valence-electron chi connectivity index (χ3n) is 5.16. The van der Waals surface area contributed by atoms with Crippen LogP contribution in [0.3, 0.4) is 0 Å². The molecule has 2 aromatic heterocycles. The van der Waals surface area contributed by atoms with Gasteiger partial charge in [-0.25, -0.2) is 9.78 Å². The van der Waals surface area contributed by atoms with Crippen LogP contribution in [0, 0.1) is 0 Å². The van der Waals surface area contributed by atoms with E-state index < -0.39 is 6.09 Å². The zero-order valence-electron chi connectivity index (χ0n) is 19.9. The molecule has 11 nitrogen and oxygen atoms in total. The molecule has 0 aliphatic rings. The molecule has 4 N–H and O–H groups in total. The molecular formula is C25H26N8O3. The van der Waals surface area contributed by atoms with Gasteiger partial charge in [0.2, 0.25) is 11.9 Å². The fourth-order valence-corrected chi connectivity index (χ4v) is 3.48. The number of nitrogens with zero attached hydrogens (tertiary/aromatic N) is 5. The summed E-state index contributed by atoms with van der Waals surface area (Å²) in [5.41, 5.74) is 8.17. The van der Waals surface area contributed by atoms with Gasteiger partial charge in [-0.15, -0.1) is 0 Å². The molecule has 2 aromatic carbocycles. The van der Waals surface area contributed by atoms with Gasteiger partial charge in [-0.05, 0) is 17.7 Å². The van der Waals surface area contributed by atoms with Gasteiger partial charge >= 0.3 is 6.09 Å². The van der Waals surface area contributed by atoms with Crippen molar-refractivity contribution in [1.29, 1.82) is 0 Å². The van der Waals surface area contributed by atoms with Crippen molar-refractivity contribution in [3.63, 3.8) is 0 Å². The second-order valence-electron chi connectivity index (χ2n) is 8.03. The zero-order chi connectivity index (χ0) is 25.5.